The molecule has 0 saturated carbocycles. The number of aromatic nitrogens is 2. The fourth-order valence-electron chi connectivity index (χ4n) is 3.47. The zero-order valence-corrected chi connectivity index (χ0v) is 17.3. The predicted molar refractivity (Wildman–Crippen MR) is 115 cm³/mol. The highest BCUT2D eigenvalue weighted by Crippen LogP contribution is 2.27. The molecule has 0 amide bonds. The van der Waals surface area contributed by atoms with Gasteiger partial charge in [0.05, 0.1) is 17.9 Å². The molecule has 5 heteroatoms. The maximum atomic E-state index is 13.5. The van der Waals surface area contributed by atoms with E-state index in [1.807, 2.05) is 36.4 Å². The molecule has 3 rings (SSSR count). The molecular weight excluding hydrogens is 364 g/mol. The Morgan fingerprint density at radius 2 is 1.76 bits per heavy atom. The lowest BCUT2D eigenvalue weighted by Gasteiger charge is -2.18. The molecule has 3 aromatic rings. The zero-order valence-electron chi connectivity index (χ0n) is 17.3. The van der Waals surface area contributed by atoms with Crippen LogP contribution < -0.4 is 5.56 Å². The highest BCUT2D eigenvalue weighted by Gasteiger charge is 2.20. The third-order valence-electron chi connectivity index (χ3n) is 4.85. The molecule has 1 aromatic heterocycles. The Kier molecular flexibility index (Phi) is 6.83. The Balaban J connectivity index is 2.15. The largest absolute Gasteiger partial charge is 0.507 e. The summed E-state index contributed by atoms with van der Waals surface area (Å²) >= 11 is 0. The second-order valence-electron chi connectivity index (χ2n) is 7.60. The van der Waals surface area contributed by atoms with Crippen molar-refractivity contribution in [1.29, 1.82) is 0 Å². The fraction of sp³-hybridized carbons (Fsp3) is 0.333. The van der Waals surface area contributed by atoms with Crippen LogP contribution >= 0.6 is 0 Å². The topological polar surface area (TPSA) is 64.3 Å². The van der Waals surface area contributed by atoms with E-state index in [1.54, 1.807) is 29.9 Å². The highest BCUT2D eigenvalue weighted by atomic mass is 16.5. The van der Waals surface area contributed by atoms with Crippen molar-refractivity contribution in [2.24, 2.45) is 5.92 Å². The van der Waals surface area contributed by atoms with Crippen LogP contribution in [0.5, 0.6) is 5.75 Å². The van der Waals surface area contributed by atoms with E-state index in [4.69, 9.17) is 9.72 Å². The summed E-state index contributed by atoms with van der Waals surface area (Å²) in [6.45, 7) is 4.91. The van der Waals surface area contributed by atoms with E-state index in [0.29, 0.717) is 47.9 Å². The van der Waals surface area contributed by atoms with Gasteiger partial charge in [0.1, 0.15) is 11.6 Å². The molecule has 1 heterocycles. The van der Waals surface area contributed by atoms with E-state index in [2.05, 4.69) is 13.8 Å². The van der Waals surface area contributed by atoms with Gasteiger partial charge in [-0.2, -0.15) is 0 Å². The molecule has 5 nitrogen and oxygen atoms in total. The van der Waals surface area contributed by atoms with Crippen LogP contribution in [0.3, 0.4) is 0 Å². The van der Waals surface area contributed by atoms with Gasteiger partial charge in [-0.15, -0.1) is 0 Å². The number of phenolic OH excluding ortho intramolecular Hbond substituents is 1. The number of hydrogen-bond acceptors (Lipinski definition) is 4. The lowest BCUT2D eigenvalue weighted by Crippen LogP contribution is -2.30. The monoisotopic (exact) mass is 392 g/mol. The maximum absolute atomic E-state index is 13.5. The Morgan fingerprint density at radius 3 is 2.41 bits per heavy atom. The van der Waals surface area contributed by atoms with Crippen molar-refractivity contribution < 1.29 is 9.84 Å². The van der Waals surface area contributed by atoms with E-state index in [9.17, 15) is 9.90 Å². The summed E-state index contributed by atoms with van der Waals surface area (Å²) in [6.07, 6.45) is 1.34. The van der Waals surface area contributed by atoms with Gasteiger partial charge in [-0.05, 0) is 36.5 Å². The summed E-state index contributed by atoms with van der Waals surface area (Å²) in [4.78, 5) is 18.3. The summed E-state index contributed by atoms with van der Waals surface area (Å²) in [5, 5.41) is 10.4. The van der Waals surface area contributed by atoms with Crippen molar-refractivity contribution >= 4 is 0 Å². The second kappa shape index (κ2) is 9.52. The minimum atomic E-state index is -0.0602. The molecule has 1 N–H and O–H groups in total. The van der Waals surface area contributed by atoms with Gasteiger partial charge < -0.3 is 9.84 Å². The summed E-state index contributed by atoms with van der Waals surface area (Å²) in [5.41, 5.74) is 2.96. The van der Waals surface area contributed by atoms with Gasteiger partial charge in [-0.25, -0.2) is 4.98 Å². The summed E-state index contributed by atoms with van der Waals surface area (Å²) < 4.78 is 7.02. The first-order valence-electron chi connectivity index (χ1n) is 9.95. The van der Waals surface area contributed by atoms with Crippen LogP contribution in [0, 0.1) is 5.92 Å². The second-order valence-corrected chi connectivity index (χ2v) is 7.60. The van der Waals surface area contributed by atoms with Crippen molar-refractivity contribution in [1.82, 2.24) is 9.55 Å². The number of ether oxygens (including phenoxy) is 1. The van der Waals surface area contributed by atoms with Crippen LogP contribution in [0.4, 0.5) is 0 Å². The number of hydrogen-bond donors (Lipinski definition) is 1. The van der Waals surface area contributed by atoms with Crippen LogP contribution in [0.1, 0.15) is 30.7 Å². The molecule has 2 aromatic carbocycles. The Labute approximate surface area is 171 Å². The van der Waals surface area contributed by atoms with Gasteiger partial charge in [0.25, 0.3) is 5.56 Å². The van der Waals surface area contributed by atoms with E-state index >= 15 is 0 Å². The standard InChI is InChI=1S/C24H28N2O3/c1-17(2)15-20-21(16-29-3)25-23(19-11-7-8-12-22(19)27)26(24(20)28)14-13-18-9-5-4-6-10-18/h4-12,17,27H,13-16H2,1-3H3. The van der Waals surface area contributed by atoms with Gasteiger partial charge >= 0.3 is 0 Å². The molecule has 0 unspecified atom stereocenters. The Morgan fingerprint density at radius 1 is 1.07 bits per heavy atom. The third kappa shape index (κ3) is 4.93. The first-order valence-corrected chi connectivity index (χ1v) is 9.95. The number of rotatable bonds is 8. The van der Waals surface area contributed by atoms with Crippen molar-refractivity contribution in [2.75, 3.05) is 7.11 Å². The number of phenols is 1. The zero-order chi connectivity index (χ0) is 20.8. The van der Waals surface area contributed by atoms with Gasteiger partial charge in [0.15, 0.2) is 0 Å². The highest BCUT2D eigenvalue weighted by molar-refractivity contribution is 5.64. The first-order chi connectivity index (χ1) is 14.0. The van der Waals surface area contributed by atoms with Gasteiger partial charge in [0.2, 0.25) is 0 Å². The average Bonchev–Trinajstić information content (AvgIpc) is 2.71. The third-order valence-corrected chi connectivity index (χ3v) is 4.85. The molecule has 0 saturated heterocycles. The minimum absolute atomic E-state index is 0.0602. The van der Waals surface area contributed by atoms with Gasteiger partial charge in [0, 0.05) is 19.2 Å². The predicted octanol–water partition coefficient (Wildman–Crippen LogP) is 4.20. The molecule has 0 aliphatic carbocycles. The van der Waals surface area contributed by atoms with Crippen LogP contribution in [0.25, 0.3) is 11.4 Å². The lowest BCUT2D eigenvalue weighted by molar-refractivity contribution is 0.180. The smallest absolute Gasteiger partial charge is 0.257 e. The van der Waals surface area contributed by atoms with Crippen molar-refractivity contribution in [3.63, 3.8) is 0 Å². The van der Waals surface area contributed by atoms with Crippen LogP contribution in [-0.4, -0.2) is 21.8 Å². The van der Waals surface area contributed by atoms with E-state index in [-0.39, 0.29) is 17.9 Å². The SMILES string of the molecule is COCc1nc(-c2ccccc2O)n(CCc2ccccc2)c(=O)c1CC(C)C. The number of aromatic hydroxyl groups is 1. The van der Waals surface area contributed by atoms with Crippen molar-refractivity contribution in [2.45, 2.75) is 39.8 Å². The molecule has 152 valence electrons. The maximum Gasteiger partial charge on any atom is 0.257 e. The van der Waals surface area contributed by atoms with E-state index in [0.717, 1.165) is 5.56 Å². The van der Waals surface area contributed by atoms with Crippen LogP contribution in [0.15, 0.2) is 59.4 Å². The number of methoxy groups -OCH3 is 1. The molecule has 0 fully saturated rings. The molecule has 0 atom stereocenters. The molecular formula is C24H28N2O3. The number of aryl methyl sites for hydroxylation is 1. The normalized spacial score (nSPS) is 11.2. The number of para-hydroxylation sites is 1. The van der Waals surface area contributed by atoms with Crippen molar-refractivity contribution in [3.8, 4) is 17.1 Å². The Bertz CT molecular complexity index is 1010. The molecule has 0 aliphatic heterocycles. The van der Waals surface area contributed by atoms with Gasteiger partial charge in [-0.3, -0.25) is 9.36 Å². The van der Waals surface area contributed by atoms with E-state index in [1.165, 1.54) is 0 Å². The summed E-state index contributed by atoms with van der Waals surface area (Å²) in [6, 6.07) is 17.0. The van der Waals surface area contributed by atoms with Crippen molar-refractivity contribution in [3.05, 3.63) is 81.8 Å². The first kappa shape index (κ1) is 20.8. The van der Waals surface area contributed by atoms with Crippen LogP contribution in [0.2, 0.25) is 0 Å². The lowest BCUT2D eigenvalue weighted by atomic mass is 10.0. The summed E-state index contributed by atoms with van der Waals surface area (Å²) in [5.74, 6) is 0.898. The average molecular weight is 392 g/mol. The quantitative estimate of drug-likeness (QED) is 0.624. The molecule has 0 aliphatic rings. The fourth-order valence-corrected chi connectivity index (χ4v) is 3.47. The molecule has 29 heavy (non-hydrogen) atoms. The summed E-state index contributed by atoms with van der Waals surface area (Å²) in [7, 11) is 1.60. The minimum Gasteiger partial charge on any atom is -0.507 e. The van der Waals surface area contributed by atoms with Gasteiger partial charge in [-0.1, -0.05) is 56.3 Å². The molecule has 0 spiro atoms. The molecule has 0 radical (unpaired) electrons. The number of benzene rings is 2. The van der Waals surface area contributed by atoms with E-state index < -0.39 is 0 Å². The van der Waals surface area contributed by atoms with Crippen LogP contribution in [-0.2, 0) is 30.7 Å². The number of nitrogens with zero attached hydrogens (tertiary/aromatic N) is 2. The molecule has 0 bridgehead atoms. The Hall–Kier alpha value is -2.92.